The minimum absolute atomic E-state index is 0. The summed E-state index contributed by atoms with van der Waals surface area (Å²) < 4.78 is 51.7. The number of hydrogen-bond donors (Lipinski definition) is 0. The fourth-order valence-electron chi connectivity index (χ4n) is 0. The Bertz CT molecular complexity index is 128. The van der Waals surface area contributed by atoms with Crippen molar-refractivity contribution in [3.63, 3.8) is 0 Å². The molecule has 0 bridgehead atoms. The van der Waals surface area contributed by atoms with Gasteiger partial charge in [-0.1, -0.05) is 0 Å². The van der Waals surface area contributed by atoms with Crippen LogP contribution in [0.3, 0.4) is 0 Å². The van der Waals surface area contributed by atoms with E-state index < -0.39 is 44.4 Å². The van der Waals surface area contributed by atoms with E-state index in [1.807, 2.05) is 0 Å². The van der Waals surface area contributed by atoms with E-state index in [2.05, 4.69) is 0 Å². The van der Waals surface area contributed by atoms with Crippen LogP contribution in [0.2, 0.25) is 0 Å². The van der Waals surface area contributed by atoms with Gasteiger partial charge in [-0.3, -0.25) is 0 Å². The van der Waals surface area contributed by atoms with Gasteiger partial charge in [-0.2, -0.15) is 0 Å². The van der Waals surface area contributed by atoms with Gasteiger partial charge in [0.1, 0.15) is 0 Å². The zero-order valence-corrected chi connectivity index (χ0v) is 15.0. The zero-order valence-electron chi connectivity index (χ0n) is 4.05. The number of hydrogen-bond acceptors (Lipinski definition) is 6. The van der Waals surface area contributed by atoms with Crippen molar-refractivity contribution >= 4 is 44.4 Å². The molecule has 0 aromatic rings. The van der Waals surface area contributed by atoms with Crippen LogP contribution in [0.4, 0.5) is 0 Å². The molecule has 0 radical (unpaired) electrons. The van der Waals surface area contributed by atoms with E-state index in [1.165, 1.54) is 0 Å². The maximum absolute atomic E-state index is 8.62. The molecule has 0 fully saturated rings. The molecule has 9 heavy (non-hydrogen) atoms. The second kappa shape index (κ2) is 12.5. The molecule has 0 heterocycles. The van der Waals surface area contributed by atoms with Crippen LogP contribution < -0.4 is 6.37 Å². The summed E-state index contributed by atoms with van der Waals surface area (Å²) in [5, 5.41) is 0. The topological polar surface area (TPSA) is 114 Å². The molecule has 0 amide bonds. The van der Waals surface area contributed by atoms with Gasteiger partial charge in [-0.05, 0) is 0 Å². The minimum atomic E-state index is -4.34. The molecule has 0 aromatic heterocycles. The van der Waals surface area contributed by atoms with Crippen LogP contribution in [-0.2, 0) is 38.6 Å². The molecule has 0 atom stereocenters. The summed E-state index contributed by atoms with van der Waals surface area (Å²) in [5.41, 5.74) is 0. The van der Waals surface area contributed by atoms with Gasteiger partial charge >= 0.3 is 89.3 Å². The van der Waals surface area contributed by atoms with E-state index in [9.17, 15) is 0 Å². The van der Waals surface area contributed by atoms with Gasteiger partial charge in [-0.15, -0.1) is 0 Å². The van der Waals surface area contributed by atoms with Gasteiger partial charge < -0.3 is 0 Å². The van der Waals surface area contributed by atoms with Crippen molar-refractivity contribution < 1.29 is 44.9 Å². The van der Waals surface area contributed by atoms with E-state index in [1.54, 1.807) is 0 Å². The fraction of sp³-hybridized carbons (Fsp3) is 0. The molecule has 0 rings (SSSR count). The van der Waals surface area contributed by atoms with Gasteiger partial charge in [0.15, 0.2) is 0 Å². The Morgan fingerprint density at radius 1 is 0.778 bits per heavy atom. The van der Waals surface area contributed by atoms with Gasteiger partial charge in [0.25, 0.3) is 0 Å². The fourth-order valence-corrected chi connectivity index (χ4v) is 0. The molecule has 0 unspecified atom stereocenters. The van der Waals surface area contributed by atoms with Crippen LogP contribution in [0.15, 0.2) is 0 Å². The average Bonchev–Trinajstić information content (AvgIpc) is 1.25. The predicted octanol–water partition coefficient (Wildman–Crippen LogP) is -3.62. The summed E-state index contributed by atoms with van der Waals surface area (Å²) in [6, 6.07) is 0. The van der Waals surface area contributed by atoms with Gasteiger partial charge in [0.05, 0.1) is 0 Å². The van der Waals surface area contributed by atoms with Crippen LogP contribution >= 0.6 is 0 Å². The molecule has 9 heteroatoms. The summed E-state index contributed by atoms with van der Waals surface area (Å²) in [6.45, 7) is 0. The van der Waals surface area contributed by atoms with Crippen LogP contribution in [0.25, 0.3) is 0 Å². The van der Waals surface area contributed by atoms with Crippen LogP contribution in [0.1, 0.15) is 0 Å². The summed E-state index contributed by atoms with van der Waals surface area (Å²) in [7, 11) is 0. The molecule has 48 valence electrons. The summed E-state index contributed by atoms with van der Waals surface area (Å²) in [5.74, 6) is 0. The second-order valence-corrected chi connectivity index (χ2v) is 3.92. The molecule has 0 aliphatic carbocycles. The predicted molar refractivity (Wildman–Crippen MR) is 14.3 cm³/mol. The Kier molecular flexibility index (Phi) is 23.7. The van der Waals surface area contributed by atoms with Crippen molar-refractivity contribution in [1.82, 2.24) is 0 Å². The molecular weight excluding hydrogens is 626 g/mol. The molecule has 0 N–H and O–H groups in total. The maximum atomic E-state index is 8.62. The summed E-state index contributed by atoms with van der Waals surface area (Å²) in [4.78, 5) is 0. The Morgan fingerprint density at radius 2 is 0.778 bits per heavy atom. The molecule has 0 aliphatic rings. The first-order chi connectivity index (χ1) is 3.46. The molecule has 0 saturated heterocycles. The third-order valence-electron chi connectivity index (χ3n) is 0. The first-order valence-electron chi connectivity index (χ1n) is 1.10. The Labute approximate surface area is 87.8 Å². The van der Waals surface area contributed by atoms with E-state index in [-0.39, 0.29) is 27.3 Å². The Hall–Kier alpha value is 1.81. The molecule has 0 aromatic carbocycles. The van der Waals surface area contributed by atoms with Gasteiger partial charge in [-0.25, -0.2) is 0 Å². The SMILES string of the molecule is [Cd+2].[O]=[Bi](=[O])[O-].[O]=[Bi](=[O])[O-]. The number of rotatable bonds is 0. The van der Waals surface area contributed by atoms with Crippen LogP contribution in [-0.4, -0.2) is 44.4 Å². The standard InChI is InChI=1S/2Bi.Cd.6O/q;;+2;;;;;2*-1. The molecule has 0 spiro atoms. The van der Waals surface area contributed by atoms with Gasteiger partial charge in [0.2, 0.25) is 0 Å². The summed E-state index contributed by atoms with van der Waals surface area (Å²) in [6.07, 6.45) is 0. The second-order valence-electron chi connectivity index (χ2n) is 0.447. The van der Waals surface area contributed by atoms with Crippen molar-refractivity contribution in [2.45, 2.75) is 0 Å². The van der Waals surface area contributed by atoms with E-state index >= 15 is 0 Å². The quantitative estimate of drug-likeness (QED) is 0.257. The van der Waals surface area contributed by atoms with Crippen molar-refractivity contribution in [2.24, 2.45) is 0 Å². The first kappa shape index (κ1) is 17.1. The molecule has 0 saturated carbocycles. The van der Waals surface area contributed by atoms with Crippen molar-refractivity contribution in [3.8, 4) is 0 Å². The monoisotopic (exact) mass is 628 g/mol. The third kappa shape index (κ3) is 183. The average molecular weight is 626 g/mol. The van der Waals surface area contributed by atoms with Crippen molar-refractivity contribution in [2.75, 3.05) is 0 Å². The van der Waals surface area contributed by atoms with E-state index in [0.717, 1.165) is 0 Å². The Balaban J connectivity index is -0.0000000720. The van der Waals surface area contributed by atoms with Gasteiger partial charge in [0, 0.05) is 0 Å². The normalized spacial score (nSPS) is 5.56. The van der Waals surface area contributed by atoms with Crippen LogP contribution in [0, 0.1) is 0 Å². The molecular formula is Bi2CdO6. The van der Waals surface area contributed by atoms with Crippen molar-refractivity contribution in [1.29, 1.82) is 0 Å². The van der Waals surface area contributed by atoms with Crippen LogP contribution in [0.5, 0.6) is 0 Å². The van der Waals surface area contributed by atoms with E-state index in [0.29, 0.717) is 0 Å². The zero-order chi connectivity index (χ0) is 7.15. The third-order valence-corrected chi connectivity index (χ3v) is 0. The molecule has 6 nitrogen and oxygen atoms in total. The summed E-state index contributed by atoms with van der Waals surface area (Å²) >= 11 is -8.69. The molecule has 0 aliphatic heterocycles. The first-order valence-corrected chi connectivity index (χ1v) is 9.61. The Morgan fingerprint density at radius 3 is 0.778 bits per heavy atom. The van der Waals surface area contributed by atoms with Crippen molar-refractivity contribution in [3.05, 3.63) is 0 Å². The van der Waals surface area contributed by atoms with E-state index in [4.69, 9.17) is 17.6 Å².